The zero-order chi connectivity index (χ0) is 24.8. The summed E-state index contributed by atoms with van der Waals surface area (Å²) in [5.74, 6) is -0.0986. The van der Waals surface area contributed by atoms with Crippen LogP contribution in [0.2, 0.25) is 0 Å². The molecule has 1 aromatic carbocycles. The molecule has 35 heavy (non-hydrogen) atoms. The van der Waals surface area contributed by atoms with Crippen molar-refractivity contribution in [2.24, 2.45) is 0 Å². The Morgan fingerprint density at radius 1 is 1.20 bits per heavy atom. The van der Waals surface area contributed by atoms with E-state index in [1.165, 1.54) is 30.2 Å². The Hall–Kier alpha value is -3.76. The highest BCUT2D eigenvalue weighted by Gasteiger charge is 2.23. The third-order valence-corrected chi connectivity index (χ3v) is 6.91. The van der Waals surface area contributed by atoms with Gasteiger partial charge in [-0.1, -0.05) is 53.7 Å². The molecule has 4 rings (SSSR count). The maximum absolute atomic E-state index is 12.8. The highest BCUT2D eigenvalue weighted by Crippen LogP contribution is 2.36. The number of carbonyl (C=O) groups excluding carboxylic acids is 2. The predicted octanol–water partition coefficient (Wildman–Crippen LogP) is 5.08. The molecule has 0 unspecified atom stereocenters. The van der Waals surface area contributed by atoms with E-state index in [2.05, 4.69) is 27.1 Å². The first kappa shape index (κ1) is 24.4. The number of rotatable bonds is 9. The van der Waals surface area contributed by atoms with Gasteiger partial charge in [-0.05, 0) is 24.6 Å². The van der Waals surface area contributed by atoms with E-state index in [1.807, 2.05) is 59.3 Å². The highest BCUT2D eigenvalue weighted by molar-refractivity contribution is 7.99. The summed E-state index contributed by atoms with van der Waals surface area (Å²) in [6.45, 7) is 6.27. The Morgan fingerprint density at radius 2 is 2.00 bits per heavy atom. The molecule has 178 valence electrons. The number of aryl methyl sites for hydroxylation is 1. The molecular weight excluding hydrogens is 482 g/mol. The Labute approximate surface area is 211 Å². The molecule has 0 bridgehead atoms. The molecule has 0 radical (unpaired) electrons. The number of benzene rings is 1. The fourth-order valence-corrected chi connectivity index (χ4v) is 5.09. The van der Waals surface area contributed by atoms with Gasteiger partial charge in [0.2, 0.25) is 5.91 Å². The van der Waals surface area contributed by atoms with Crippen LogP contribution in [0.3, 0.4) is 0 Å². The van der Waals surface area contributed by atoms with Crippen molar-refractivity contribution in [2.75, 3.05) is 18.2 Å². The van der Waals surface area contributed by atoms with Crippen LogP contribution < -0.4 is 5.32 Å². The topological polar surface area (TPSA) is 99.0 Å². The lowest BCUT2D eigenvalue weighted by atomic mass is 10.0. The molecule has 8 nitrogen and oxygen atoms in total. The van der Waals surface area contributed by atoms with E-state index in [1.54, 1.807) is 12.3 Å². The second-order valence-electron chi connectivity index (χ2n) is 7.47. The number of carbonyl (C=O) groups is 2. The fourth-order valence-electron chi connectivity index (χ4n) is 3.37. The summed E-state index contributed by atoms with van der Waals surface area (Å²) in [6.07, 6.45) is 3.42. The van der Waals surface area contributed by atoms with Crippen molar-refractivity contribution in [1.82, 2.24) is 19.7 Å². The third kappa shape index (κ3) is 5.50. The molecule has 0 spiro atoms. The lowest BCUT2D eigenvalue weighted by Crippen LogP contribution is -2.16. The maximum atomic E-state index is 12.8. The van der Waals surface area contributed by atoms with E-state index in [0.29, 0.717) is 33.8 Å². The molecule has 0 aliphatic heterocycles. The van der Waals surface area contributed by atoms with E-state index in [4.69, 9.17) is 4.74 Å². The molecule has 0 aliphatic carbocycles. The molecule has 0 aliphatic rings. The van der Waals surface area contributed by atoms with E-state index >= 15 is 0 Å². The number of esters is 1. The summed E-state index contributed by atoms with van der Waals surface area (Å²) in [7, 11) is 1.33. The van der Waals surface area contributed by atoms with E-state index < -0.39 is 5.97 Å². The van der Waals surface area contributed by atoms with Gasteiger partial charge in [0.25, 0.3) is 0 Å². The predicted molar refractivity (Wildman–Crippen MR) is 139 cm³/mol. The lowest BCUT2D eigenvalue weighted by molar-refractivity contribution is -0.113. The number of hydrogen-bond donors (Lipinski definition) is 1. The number of thioether (sulfide) groups is 1. The molecule has 10 heteroatoms. The van der Waals surface area contributed by atoms with Crippen LogP contribution >= 0.6 is 23.1 Å². The van der Waals surface area contributed by atoms with Gasteiger partial charge >= 0.3 is 5.97 Å². The number of methoxy groups -OCH3 is 1. The zero-order valence-electron chi connectivity index (χ0n) is 19.2. The molecule has 3 aromatic heterocycles. The average Bonchev–Trinajstić information content (AvgIpc) is 3.47. The van der Waals surface area contributed by atoms with E-state index in [0.717, 1.165) is 16.7 Å². The number of amides is 1. The van der Waals surface area contributed by atoms with E-state index in [9.17, 15) is 9.59 Å². The van der Waals surface area contributed by atoms with Gasteiger partial charge in [-0.15, -0.1) is 28.1 Å². The van der Waals surface area contributed by atoms with Crippen LogP contribution in [0.1, 0.15) is 15.9 Å². The quantitative estimate of drug-likeness (QED) is 0.192. The number of anilines is 1. The Balaban J connectivity index is 1.52. The van der Waals surface area contributed by atoms with Gasteiger partial charge in [0, 0.05) is 23.7 Å². The van der Waals surface area contributed by atoms with E-state index in [-0.39, 0.29) is 11.7 Å². The van der Waals surface area contributed by atoms with Gasteiger partial charge in [-0.3, -0.25) is 14.3 Å². The third-order valence-electron chi connectivity index (χ3n) is 5.05. The molecule has 1 amide bonds. The SMILES string of the molecule is C=CCn1c(SCC(=O)Nc2scc(-c3ccc(C)cc3)c2C(=O)OC)nnc1-c1ccccn1. The zero-order valence-corrected chi connectivity index (χ0v) is 20.9. The molecule has 0 atom stereocenters. The molecule has 4 aromatic rings. The minimum absolute atomic E-state index is 0.0792. The monoisotopic (exact) mass is 505 g/mol. The number of allylic oxidation sites excluding steroid dienone is 1. The summed E-state index contributed by atoms with van der Waals surface area (Å²) >= 11 is 2.53. The number of nitrogens with zero attached hydrogens (tertiary/aromatic N) is 4. The van der Waals surface area contributed by atoms with Crippen molar-refractivity contribution in [3.63, 3.8) is 0 Å². The van der Waals surface area contributed by atoms with Crippen molar-refractivity contribution >= 4 is 40.0 Å². The van der Waals surface area contributed by atoms with Crippen molar-refractivity contribution in [2.45, 2.75) is 18.6 Å². The van der Waals surface area contributed by atoms with Gasteiger partial charge < -0.3 is 10.1 Å². The Bertz CT molecular complexity index is 1350. The van der Waals surface area contributed by atoms with Gasteiger partial charge in [0.15, 0.2) is 11.0 Å². The Kier molecular flexibility index (Phi) is 7.74. The average molecular weight is 506 g/mol. The second-order valence-corrected chi connectivity index (χ2v) is 9.29. The molecule has 3 heterocycles. The summed E-state index contributed by atoms with van der Waals surface area (Å²) in [4.78, 5) is 29.7. The van der Waals surface area contributed by atoms with Crippen molar-refractivity contribution in [3.05, 3.63) is 77.8 Å². The van der Waals surface area contributed by atoms with Crippen LogP contribution in [-0.4, -0.2) is 44.5 Å². The number of pyridine rings is 1. The summed E-state index contributed by atoms with van der Waals surface area (Å²) in [5.41, 5.74) is 3.73. The molecular formula is C25H23N5O3S2. The van der Waals surface area contributed by atoms with Gasteiger partial charge in [0.05, 0.1) is 12.9 Å². The second kappa shape index (κ2) is 11.1. The standard InChI is InChI=1S/C25H23N5O3S2/c1-4-13-30-22(19-7-5-6-12-26-19)28-29-25(30)35-15-20(31)27-23-21(24(32)33-3)18(14-34-23)17-10-8-16(2)9-11-17/h4-12,14H,1,13,15H2,2-3H3,(H,27,31). The van der Waals surface area contributed by atoms with Crippen LogP contribution in [-0.2, 0) is 16.1 Å². The first-order chi connectivity index (χ1) is 17.0. The molecule has 0 saturated heterocycles. The van der Waals surface area contributed by atoms with Gasteiger partial charge in [-0.25, -0.2) is 4.79 Å². The highest BCUT2D eigenvalue weighted by atomic mass is 32.2. The minimum atomic E-state index is -0.504. The number of ether oxygens (including phenoxy) is 1. The van der Waals surface area contributed by atoms with Crippen LogP contribution in [0.4, 0.5) is 5.00 Å². The van der Waals surface area contributed by atoms with Crippen LogP contribution in [0.5, 0.6) is 0 Å². The van der Waals surface area contributed by atoms with Crippen LogP contribution in [0.15, 0.2) is 71.9 Å². The molecule has 1 N–H and O–H groups in total. The van der Waals surface area contributed by atoms with Crippen molar-refractivity contribution in [1.29, 1.82) is 0 Å². The fraction of sp³-hybridized carbons (Fsp3) is 0.160. The Morgan fingerprint density at radius 3 is 2.69 bits per heavy atom. The number of thiophene rings is 1. The van der Waals surface area contributed by atoms with Crippen LogP contribution in [0.25, 0.3) is 22.6 Å². The largest absolute Gasteiger partial charge is 0.465 e. The number of aromatic nitrogens is 4. The first-order valence-electron chi connectivity index (χ1n) is 10.7. The van der Waals surface area contributed by atoms with Gasteiger partial charge in [0.1, 0.15) is 16.3 Å². The summed E-state index contributed by atoms with van der Waals surface area (Å²) in [6, 6.07) is 13.4. The van der Waals surface area contributed by atoms with Crippen molar-refractivity contribution < 1.29 is 14.3 Å². The maximum Gasteiger partial charge on any atom is 0.341 e. The van der Waals surface area contributed by atoms with Crippen molar-refractivity contribution in [3.8, 4) is 22.6 Å². The molecule has 0 fully saturated rings. The van der Waals surface area contributed by atoms with Gasteiger partial charge in [-0.2, -0.15) is 0 Å². The smallest absolute Gasteiger partial charge is 0.341 e. The summed E-state index contributed by atoms with van der Waals surface area (Å²) in [5, 5.41) is 14.2. The number of nitrogens with one attached hydrogen (secondary N) is 1. The lowest BCUT2D eigenvalue weighted by Gasteiger charge is -2.09. The summed E-state index contributed by atoms with van der Waals surface area (Å²) < 4.78 is 6.85. The van der Waals surface area contributed by atoms with Crippen LogP contribution in [0, 0.1) is 6.92 Å². The first-order valence-corrected chi connectivity index (χ1v) is 12.5. The minimum Gasteiger partial charge on any atom is -0.465 e. The molecule has 0 saturated carbocycles. The normalized spacial score (nSPS) is 10.7. The number of hydrogen-bond acceptors (Lipinski definition) is 8.